The summed E-state index contributed by atoms with van der Waals surface area (Å²) >= 11 is 6.20. The van der Waals surface area contributed by atoms with E-state index in [1.54, 1.807) is 6.07 Å². The van der Waals surface area contributed by atoms with Gasteiger partial charge in [-0.25, -0.2) is 9.59 Å². The second kappa shape index (κ2) is 5.65. The smallest absolute Gasteiger partial charge is 0.344 e. The number of aliphatic carboxylic acids is 1. The minimum Gasteiger partial charge on any atom is -0.479 e. The molecule has 0 fully saturated rings. The maximum Gasteiger partial charge on any atom is 0.344 e. The number of ether oxygens (including phenoxy) is 1. The highest BCUT2D eigenvalue weighted by Crippen LogP contribution is 2.34. The molecule has 0 radical (unpaired) electrons. The molecule has 0 spiro atoms. The van der Waals surface area contributed by atoms with Crippen molar-refractivity contribution in [1.82, 2.24) is 0 Å². The SMILES string of the molecule is CC(Oc1cc2oc(=O)c3c(c2cc1Cl)CCCC3)C(=O)O. The Morgan fingerprint density at radius 1 is 1.32 bits per heavy atom. The van der Waals surface area contributed by atoms with Gasteiger partial charge in [-0.3, -0.25) is 0 Å². The first kappa shape index (κ1) is 14.9. The lowest BCUT2D eigenvalue weighted by atomic mass is 9.90. The lowest BCUT2D eigenvalue weighted by Gasteiger charge is -2.17. The van der Waals surface area contributed by atoms with Gasteiger partial charge in [0.2, 0.25) is 0 Å². The normalized spacial score (nSPS) is 15.4. The van der Waals surface area contributed by atoms with Crippen molar-refractivity contribution in [2.75, 3.05) is 0 Å². The molecule has 0 bridgehead atoms. The summed E-state index contributed by atoms with van der Waals surface area (Å²) in [5, 5.41) is 10.0. The molecule has 3 rings (SSSR count). The fraction of sp³-hybridized carbons (Fsp3) is 0.375. The summed E-state index contributed by atoms with van der Waals surface area (Å²) < 4.78 is 10.7. The molecule has 1 aliphatic rings. The zero-order valence-corrected chi connectivity index (χ0v) is 12.8. The number of carboxylic acid groups (broad SMARTS) is 1. The molecule has 22 heavy (non-hydrogen) atoms. The van der Waals surface area contributed by atoms with Gasteiger partial charge in [0.25, 0.3) is 0 Å². The number of carboxylic acids is 1. The minimum absolute atomic E-state index is 0.197. The number of halogens is 1. The summed E-state index contributed by atoms with van der Waals surface area (Å²) in [4.78, 5) is 23.0. The van der Waals surface area contributed by atoms with Gasteiger partial charge < -0.3 is 14.3 Å². The molecule has 1 N–H and O–H groups in total. The Bertz CT molecular complexity index is 808. The Labute approximate surface area is 131 Å². The number of benzene rings is 1. The molecule has 1 aliphatic carbocycles. The van der Waals surface area contributed by atoms with E-state index in [9.17, 15) is 9.59 Å². The Kier molecular flexibility index (Phi) is 3.83. The summed E-state index contributed by atoms with van der Waals surface area (Å²) in [6, 6.07) is 3.18. The minimum atomic E-state index is -1.09. The van der Waals surface area contributed by atoms with Crippen LogP contribution in [0.3, 0.4) is 0 Å². The summed E-state index contributed by atoms with van der Waals surface area (Å²) in [6.07, 6.45) is 2.50. The average molecular weight is 323 g/mol. The molecular weight excluding hydrogens is 308 g/mol. The van der Waals surface area contributed by atoms with Crippen LogP contribution in [0, 0.1) is 0 Å². The van der Waals surface area contributed by atoms with Gasteiger partial charge in [0.15, 0.2) is 6.10 Å². The van der Waals surface area contributed by atoms with Crippen LogP contribution in [0.1, 0.15) is 30.9 Å². The van der Waals surface area contributed by atoms with Crippen LogP contribution in [0.4, 0.5) is 0 Å². The largest absolute Gasteiger partial charge is 0.479 e. The third kappa shape index (κ3) is 2.57. The van der Waals surface area contributed by atoms with Gasteiger partial charge in [0.1, 0.15) is 11.3 Å². The van der Waals surface area contributed by atoms with E-state index in [0.717, 1.165) is 42.2 Å². The predicted octanol–water partition coefficient (Wildman–Crippen LogP) is 3.18. The third-order valence-corrected chi connectivity index (χ3v) is 4.22. The summed E-state index contributed by atoms with van der Waals surface area (Å²) in [5.41, 5.74) is 1.75. The monoisotopic (exact) mass is 322 g/mol. The third-order valence-electron chi connectivity index (χ3n) is 3.93. The van der Waals surface area contributed by atoms with Crippen LogP contribution in [0.25, 0.3) is 11.0 Å². The van der Waals surface area contributed by atoms with Crippen molar-refractivity contribution in [1.29, 1.82) is 0 Å². The molecule has 1 aromatic heterocycles. The fourth-order valence-corrected chi connectivity index (χ4v) is 2.98. The number of hydrogen-bond acceptors (Lipinski definition) is 4. The summed E-state index contributed by atoms with van der Waals surface area (Å²) in [6.45, 7) is 1.41. The first-order valence-electron chi connectivity index (χ1n) is 7.15. The van der Waals surface area contributed by atoms with E-state index in [1.807, 2.05) is 0 Å². The van der Waals surface area contributed by atoms with Crippen LogP contribution in [0.2, 0.25) is 5.02 Å². The number of carbonyl (C=O) groups is 1. The number of aryl methyl sites for hydroxylation is 1. The van der Waals surface area contributed by atoms with Gasteiger partial charge >= 0.3 is 11.6 Å². The molecule has 1 aromatic carbocycles. The van der Waals surface area contributed by atoms with Crippen molar-refractivity contribution in [3.8, 4) is 5.75 Å². The second-order valence-corrected chi connectivity index (χ2v) is 5.84. The second-order valence-electron chi connectivity index (χ2n) is 5.43. The Balaban J connectivity index is 2.14. The fourth-order valence-electron chi connectivity index (χ4n) is 2.78. The molecule has 116 valence electrons. The van der Waals surface area contributed by atoms with Gasteiger partial charge in [0, 0.05) is 17.0 Å². The Morgan fingerprint density at radius 2 is 2.00 bits per heavy atom. The molecule has 0 aliphatic heterocycles. The Morgan fingerprint density at radius 3 is 2.68 bits per heavy atom. The first-order chi connectivity index (χ1) is 10.5. The first-order valence-corrected chi connectivity index (χ1v) is 7.52. The highest BCUT2D eigenvalue weighted by molar-refractivity contribution is 6.32. The maximum atomic E-state index is 12.1. The van der Waals surface area contributed by atoms with Crippen LogP contribution in [-0.4, -0.2) is 17.2 Å². The van der Waals surface area contributed by atoms with E-state index in [-0.39, 0.29) is 11.4 Å². The van der Waals surface area contributed by atoms with E-state index < -0.39 is 12.1 Å². The van der Waals surface area contributed by atoms with E-state index >= 15 is 0 Å². The lowest BCUT2D eigenvalue weighted by Crippen LogP contribution is -2.23. The number of hydrogen-bond donors (Lipinski definition) is 1. The van der Waals surface area contributed by atoms with E-state index in [1.165, 1.54) is 13.0 Å². The molecule has 1 unspecified atom stereocenters. The van der Waals surface area contributed by atoms with Crippen molar-refractivity contribution < 1.29 is 19.1 Å². The quantitative estimate of drug-likeness (QED) is 0.878. The van der Waals surface area contributed by atoms with Gasteiger partial charge in [-0.2, -0.15) is 0 Å². The number of fused-ring (bicyclic) bond motifs is 3. The van der Waals surface area contributed by atoms with Crippen molar-refractivity contribution in [2.24, 2.45) is 0 Å². The molecule has 0 amide bonds. The average Bonchev–Trinajstić information content (AvgIpc) is 2.49. The number of rotatable bonds is 3. The van der Waals surface area contributed by atoms with Crippen molar-refractivity contribution >= 4 is 28.5 Å². The highest BCUT2D eigenvalue weighted by atomic mass is 35.5. The molecule has 5 nitrogen and oxygen atoms in total. The molecule has 2 aromatic rings. The molecule has 1 heterocycles. The lowest BCUT2D eigenvalue weighted by molar-refractivity contribution is -0.144. The van der Waals surface area contributed by atoms with Gasteiger partial charge in [0.05, 0.1) is 5.02 Å². The van der Waals surface area contributed by atoms with Crippen LogP contribution < -0.4 is 10.4 Å². The van der Waals surface area contributed by atoms with Crippen molar-refractivity contribution in [3.63, 3.8) is 0 Å². The van der Waals surface area contributed by atoms with E-state index in [4.69, 9.17) is 25.9 Å². The summed E-state index contributed by atoms with van der Waals surface area (Å²) in [7, 11) is 0. The van der Waals surface area contributed by atoms with Gasteiger partial charge in [-0.05, 0) is 44.2 Å². The van der Waals surface area contributed by atoms with Crippen LogP contribution in [0.5, 0.6) is 5.75 Å². The topological polar surface area (TPSA) is 76.7 Å². The summed E-state index contributed by atoms with van der Waals surface area (Å²) in [5.74, 6) is -0.897. The molecular formula is C16H15ClO5. The van der Waals surface area contributed by atoms with Crippen molar-refractivity contribution in [3.05, 3.63) is 38.7 Å². The molecule has 1 atom stereocenters. The molecule has 0 saturated heterocycles. The van der Waals surface area contributed by atoms with Gasteiger partial charge in [-0.15, -0.1) is 0 Å². The van der Waals surface area contributed by atoms with Crippen LogP contribution >= 0.6 is 11.6 Å². The predicted molar refractivity (Wildman–Crippen MR) is 81.9 cm³/mol. The Hall–Kier alpha value is -2.01. The van der Waals surface area contributed by atoms with Gasteiger partial charge in [-0.1, -0.05) is 11.6 Å². The van der Waals surface area contributed by atoms with E-state index in [2.05, 4.69) is 0 Å². The van der Waals surface area contributed by atoms with Crippen LogP contribution in [-0.2, 0) is 17.6 Å². The maximum absolute atomic E-state index is 12.1. The van der Waals surface area contributed by atoms with Crippen molar-refractivity contribution in [2.45, 2.75) is 38.7 Å². The molecule has 0 saturated carbocycles. The molecule has 6 heteroatoms. The zero-order chi connectivity index (χ0) is 15.9. The highest BCUT2D eigenvalue weighted by Gasteiger charge is 2.21. The standard InChI is InChI=1S/C16H15ClO5/c1-8(15(18)19)21-14-7-13-11(6-12(14)17)9-4-2-3-5-10(9)16(20)22-13/h6-8H,2-5H2,1H3,(H,18,19). The van der Waals surface area contributed by atoms with Crippen LogP contribution in [0.15, 0.2) is 21.3 Å². The zero-order valence-electron chi connectivity index (χ0n) is 12.0. The van der Waals surface area contributed by atoms with E-state index in [0.29, 0.717) is 10.6 Å².